The Hall–Kier alpha value is -2.60. The molecule has 7 heteroatoms. The molecule has 2 aromatic rings. The van der Waals surface area contributed by atoms with Gasteiger partial charge in [0.1, 0.15) is 17.2 Å². The molecular formula is C17H19ClN2O4. The van der Waals surface area contributed by atoms with E-state index in [4.69, 9.17) is 25.8 Å². The molecule has 0 aliphatic rings. The van der Waals surface area contributed by atoms with Crippen LogP contribution in [0.5, 0.6) is 17.2 Å². The second-order valence-corrected chi connectivity index (χ2v) is 5.20. The molecule has 0 saturated carbocycles. The Balaban J connectivity index is 2.07. The number of amides is 1. The largest absolute Gasteiger partial charge is 0.495 e. The minimum Gasteiger partial charge on any atom is -0.495 e. The average molecular weight is 351 g/mol. The van der Waals surface area contributed by atoms with Gasteiger partial charge in [-0.3, -0.25) is 4.79 Å². The number of carbonyl (C=O) groups excluding carboxylic acids is 1. The number of anilines is 2. The quantitative estimate of drug-likeness (QED) is 0.800. The standard InChI is InChI=1S/C17H19ClN2O4/c1-22-14-7-5-4-6-12(14)19-10-17(21)20-13-9-15(23-2)11(18)8-16(13)24-3/h4-9,19H,10H2,1-3H3,(H,20,21). The zero-order valence-corrected chi connectivity index (χ0v) is 14.4. The van der Waals surface area contributed by atoms with Crippen LogP contribution in [0.25, 0.3) is 0 Å². The van der Waals surface area contributed by atoms with E-state index in [1.165, 1.54) is 14.2 Å². The van der Waals surface area contributed by atoms with Gasteiger partial charge in [0.25, 0.3) is 0 Å². The fourth-order valence-electron chi connectivity index (χ4n) is 2.12. The minimum absolute atomic E-state index is 0.0640. The fraction of sp³-hybridized carbons (Fsp3) is 0.235. The second kappa shape index (κ2) is 8.31. The van der Waals surface area contributed by atoms with Crippen molar-refractivity contribution in [2.45, 2.75) is 0 Å². The topological polar surface area (TPSA) is 68.8 Å². The van der Waals surface area contributed by atoms with Gasteiger partial charge in [0.2, 0.25) is 5.91 Å². The van der Waals surface area contributed by atoms with E-state index in [0.717, 1.165) is 5.69 Å². The number of carbonyl (C=O) groups is 1. The molecule has 2 rings (SSSR count). The van der Waals surface area contributed by atoms with Gasteiger partial charge in [0.15, 0.2) is 0 Å². The number of rotatable bonds is 7. The molecule has 0 aliphatic carbocycles. The van der Waals surface area contributed by atoms with Gasteiger partial charge >= 0.3 is 0 Å². The Kier molecular flexibility index (Phi) is 6.14. The van der Waals surface area contributed by atoms with Crippen LogP contribution in [0.2, 0.25) is 5.02 Å². The smallest absolute Gasteiger partial charge is 0.243 e. The summed E-state index contributed by atoms with van der Waals surface area (Å²) in [6, 6.07) is 10.6. The van der Waals surface area contributed by atoms with Crippen LogP contribution in [-0.4, -0.2) is 33.8 Å². The SMILES string of the molecule is COc1cc(NC(=O)CNc2ccccc2OC)c(OC)cc1Cl. The number of ether oxygens (including phenoxy) is 3. The summed E-state index contributed by atoms with van der Waals surface area (Å²) < 4.78 is 15.6. The lowest BCUT2D eigenvalue weighted by molar-refractivity contribution is -0.114. The first kappa shape index (κ1) is 17.7. The van der Waals surface area contributed by atoms with Crippen molar-refractivity contribution in [1.29, 1.82) is 0 Å². The molecule has 0 saturated heterocycles. The molecule has 0 heterocycles. The third-order valence-electron chi connectivity index (χ3n) is 3.29. The molecule has 0 spiro atoms. The Morgan fingerprint density at radius 1 is 0.958 bits per heavy atom. The summed E-state index contributed by atoms with van der Waals surface area (Å²) in [5, 5.41) is 6.19. The maximum atomic E-state index is 12.2. The first-order valence-electron chi connectivity index (χ1n) is 7.17. The second-order valence-electron chi connectivity index (χ2n) is 4.79. The first-order valence-corrected chi connectivity index (χ1v) is 7.55. The van der Waals surface area contributed by atoms with Crippen LogP contribution >= 0.6 is 11.6 Å². The van der Waals surface area contributed by atoms with Gasteiger partial charge in [-0.05, 0) is 12.1 Å². The van der Waals surface area contributed by atoms with Crippen LogP contribution in [0.3, 0.4) is 0 Å². The van der Waals surface area contributed by atoms with Gasteiger partial charge in [0.05, 0.1) is 44.3 Å². The molecule has 0 radical (unpaired) electrons. The fourth-order valence-corrected chi connectivity index (χ4v) is 2.35. The first-order chi connectivity index (χ1) is 11.6. The number of benzene rings is 2. The average Bonchev–Trinajstić information content (AvgIpc) is 2.61. The zero-order valence-electron chi connectivity index (χ0n) is 13.7. The van der Waals surface area contributed by atoms with Crippen LogP contribution in [0.15, 0.2) is 36.4 Å². The van der Waals surface area contributed by atoms with Gasteiger partial charge in [-0.2, -0.15) is 0 Å². The van der Waals surface area contributed by atoms with Crippen LogP contribution in [0, 0.1) is 0 Å². The van der Waals surface area contributed by atoms with Crippen molar-refractivity contribution in [1.82, 2.24) is 0 Å². The summed E-state index contributed by atoms with van der Waals surface area (Å²) in [6.45, 7) is 0.0640. The van der Waals surface area contributed by atoms with E-state index in [9.17, 15) is 4.79 Å². The molecular weight excluding hydrogens is 332 g/mol. The van der Waals surface area contributed by atoms with Crippen molar-refractivity contribution in [3.05, 3.63) is 41.4 Å². The predicted molar refractivity (Wildman–Crippen MR) is 94.7 cm³/mol. The summed E-state index contributed by atoms with van der Waals surface area (Å²) in [7, 11) is 4.58. The molecule has 2 N–H and O–H groups in total. The van der Waals surface area contributed by atoms with E-state index in [1.54, 1.807) is 19.2 Å². The van der Waals surface area contributed by atoms with Gasteiger partial charge in [-0.1, -0.05) is 23.7 Å². The van der Waals surface area contributed by atoms with Crippen LogP contribution in [0.4, 0.5) is 11.4 Å². The number of para-hydroxylation sites is 2. The third kappa shape index (κ3) is 4.23. The highest BCUT2D eigenvalue weighted by Crippen LogP contribution is 2.35. The molecule has 0 aliphatic heterocycles. The molecule has 1 amide bonds. The Labute approximate surface area is 145 Å². The number of halogens is 1. The highest BCUT2D eigenvalue weighted by atomic mass is 35.5. The molecule has 0 fully saturated rings. The Morgan fingerprint density at radius 3 is 2.29 bits per heavy atom. The summed E-state index contributed by atoms with van der Waals surface area (Å²) in [5.74, 6) is 1.32. The van der Waals surface area contributed by atoms with Crippen molar-refractivity contribution in [3.63, 3.8) is 0 Å². The normalized spacial score (nSPS) is 10.0. The monoisotopic (exact) mass is 350 g/mol. The Morgan fingerprint density at radius 2 is 1.62 bits per heavy atom. The van der Waals surface area contributed by atoms with E-state index in [2.05, 4.69) is 10.6 Å². The molecule has 2 aromatic carbocycles. The number of hydrogen-bond acceptors (Lipinski definition) is 5. The summed E-state index contributed by atoms with van der Waals surface area (Å²) in [5.41, 5.74) is 1.21. The van der Waals surface area contributed by atoms with Gasteiger partial charge in [0, 0.05) is 12.1 Å². The van der Waals surface area contributed by atoms with Crippen molar-refractivity contribution in [3.8, 4) is 17.2 Å². The molecule has 0 bridgehead atoms. The third-order valence-corrected chi connectivity index (χ3v) is 3.59. The summed E-state index contributed by atoms with van der Waals surface area (Å²) in [4.78, 5) is 12.2. The number of methoxy groups -OCH3 is 3. The molecule has 0 atom stereocenters. The van der Waals surface area contributed by atoms with Crippen LogP contribution in [-0.2, 0) is 4.79 Å². The van der Waals surface area contributed by atoms with Gasteiger partial charge in [-0.25, -0.2) is 0 Å². The number of nitrogens with one attached hydrogen (secondary N) is 2. The van der Waals surface area contributed by atoms with Gasteiger partial charge < -0.3 is 24.8 Å². The highest BCUT2D eigenvalue weighted by molar-refractivity contribution is 6.32. The van der Waals surface area contributed by atoms with E-state index in [1.807, 2.05) is 24.3 Å². The maximum Gasteiger partial charge on any atom is 0.243 e. The van der Waals surface area contributed by atoms with E-state index in [0.29, 0.717) is 28.0 Å². The zero-order chi connectivity index (χ0) is 17.5. The molecule has 128 valence electrons. The van der Waals surface area contributed by atoms with Crippen molar-refractivity contribution >= 4 is 28.9 Å². The highest BCUT2D eigenvalue weighted by Gasteiger charge is 2.13. The van der Waals surface area contributed by atoms with E-state index < -0.39 is 0 Å². The molecule has 0 aromatic heterocycles. The van der Waals surface area contributed by atoms with Crippen LogP contribution in [0.1, 0.15) is 0 Å². The lowest BCUT2D eigenvalue weighted by Crippen LogP contribution is -2.22. The van der Waals surface area contributed by atoms with E-state index in [-0.39, 0.29) is 12.5 Å². The molecule has 6 nitrogen and oxygen atoms in total. The lowest BCUT2D eigenvalue weighted by Gasteiger charge is -2.14. The molecule has 24 heavy (non-hydrogen) atoms. The van der Waals surface area contributed by atoms with Crippen molar-refractivity contribution in [2.75, 3.05) is 38.5 Å². The maximum absolute atomic E-state index is 12.2. The van der Waals surface area contributed by atoms with Gasteiger partial charge in [-0.15, -0.1) is 0 Å². The van der Waals surface area contributed by atoms with Crippen LogP contribution < -0.4 is 24.8 Å². The van der Waals surface area contributed by atoms with E-state index >= 15 is 0 Å². The summed E-state index contributed by atoms with van der Waals surface area (Å²) >= 11 is 6.05. The van der Waals surface area contributed by atoms with Crippen molar-refractivity contribution in [2.24, 2.45) is 0 Å². The number of hydrogen-bond donors (Lipinski definition) is 2. The minimum atomic E-state index is -0.247. The molecule has 0 unspecified atom stereocenters. The predicted octanol–water partition coefficient (Wildman–Crippen LogP) is 3.42. The summed E-state index contributed by atoms with van der Waals surface area (Å²) in [6.07, 6.45) is 0. The van der Waals surface area contributed by atoms with Crippen molar-refractivity contribution < 1.29 is 19.0 Å². The lowest BCUT2D eigenvalue weighted by atomic mass is 10.2. The Bertz CT molecular complexity index is 722.